The molecule has 2 aliphatic rings. The lowest BCUT2D eigenvalue weighted by Gasteiger charge is -2.32. The number of piperidine rings is 1. The maximum absolute atomic E-state index is 13.0. The fourth-order valence-corrected chi connectivity index (χ4v) is 4.02. The number of carbonyl (C=O) groups excluding carboxylic acids is 2. The lowest BCUT2D eigenvalue weighted by atomic mass is 9.95. The van der Waals surface area contributed by atoms with E-state index in [2.05, 4.69) is 17.1 Å². The number of likely N-dealkylation sites (tertiary alicyclic amines) is 1. The molecule has 1 saturated heterocycles. The first kappa shape index (κ1) is 18.7. The molecule has 1 atom stereocenters. The van der Waals surface area contributed by atoms with Crippen LogP contribution < -0.4 is 0 Å². The molecule has 0 spiro atoms. The van der Waals surface area contributed by atoms with Crippen LogP contribution >= 0.6 is 0 Å². The first-order chi connectivity index (χ1) is 13.5. The van der Waals surface area contributed by atoms with E-state index in [1.807, 2.05) is 27.7 Å². The first-order valence-corrected chi connectivity index (χ1v) is 9.75. The largest absolute Gasteiger partial charge is 0.365 e. The van der Waals surface area contributed by atoms with Gasteiger partial charge >= 0.3 is 0 Å². The Morgan fingerprint density at radius 1 is 1.14 bits per heavy atom. The average Bonchev–Trinajstić information content (AvgIpc) is 3.16. The first-order valence-electron chi connectivity index (χ1n) is 9.75. The Labute approximate surface area is 164 Å². The third-order valence-corrected chi connectivity index (χ3v) is 5.68. The van der Waals surface area contributed by atoms with E-state index in [1.165, 1.54) is 0 Å². The summed E-state index contributed by atoms with van der Waals surface area (Å²) in [7, 11) is 3.56. The van der Waals surface area contributed by atoms with Crippen molar-refractivity contribution in [2.24, 2.45) is 5.92 Å². The van der Waals surface area contributed by atoms with E-state index in [9.17, 15) is 9.59 Å². The van der Waals surface area contributed by atoms with Gasteiger partial charge in [0.15, 0.2) is 5.69 Å². The van der Waals surface area contributed by atoms with Gasteiger partial charge in [-0.05, 0) is 18.4 Å². The summed E-state index contributed by atoms with van der Waals surface area (Å²) in [5, 5.41) is 0. The van der Waals surface area contributed by atoms with Gasteiger partial charge in [-0.15, -0.1) is 0 Å². The van der Waals surface area contributed by atoms with E-state index >= 15 is 0 Å². The second-order valence-corrected chi connectivity index (χ2v) is 7.70. The van der Waals surface area contributed by atoms with Crippen molar-refractivity contribution >= 4 is 11.8 Å². The topological polar surface area (TPSA) is 67.7 Å². The second kappa shape index (κ2) is 7.75. The van der Waals surface area contributed by atoms with E-state index < -0.39 is 0 Å². The predicted molar refractivity (Wildman–Crippen MR) is 104 cm³/mol. The molecule has 1 aromatic carbocycles. The summed E-state index contributed by atoms with van der Waals surface area (Å²) in [5.41, 5.74) is 2.44. The minimum atomic E-state index is -0.0636. The molecule has 1 aromatic heterocycles. The maximum atomic E-state index is 13.0. The molecule has 2 aliphatic heterocycles. The van der Waals surface area contributed by atoms with Crippen LogP contribution in [0.2, 0.25) is 0 Å². The number of amides is 2. The molecule has 1 fully saturated rings. The maximum Gasteiger partial charge on any atom is 0.274 e. The van der Waals surface area contributed by atoms with Gasteiger partial charge in [-0.3, -0.25) is 9.59 Å². The van der Waals surface area contributed by atoms with Crippen LogP contribution in [0.1, 0.15) is 40.7 Å². The lowest BCUT2D eigenvalue weighted by molar-refractivity contribution is -0.134. The zero-order valence-electron chi connectivity index (χ0n) is 16.4. The number of nitrogens with zero attached hydrogens (tertiary/aromatic N) is 4. The van der Waals surface area contributed by atoms with Gasteiger partial charge in [0.1, 0.15) is 6.10 Å². The molecule has 0 bridgehead atoms. The Morgan fingerprint density at radius 3 is 2.54 bits per heavy atom. The highest BCUT2D eigenvalue weighted by Crippen LogP contribution is 2.28. The summed E-state index contributed by atoms with van der Waals surface area (Å²) in [5.74, 6) is 0.0861. The number of hydrogen-bond acceptors (Lipinski definition) is 4. The normalized spacial score (nSPS) is 19.9. The van der Waals surface area contributed by atoms with Crippen molar-refractivity contribution in [2.75, 3.05) is 27.2 Å². The number of benzene rings is 1. The van der Waals surface area contributed by atoms with Crippen molar-refractivity contribution in [1.82, 2.24) is 19.4 Å². The molecule has 4 rings (SSSR count). The van der Waals surface area contributed by atoms with E-state index in [4.69, 9.17) is 4.74 Å². The number of rotatable bonds is 3. The van der Waals surface area contributed by atoms with Gasteiger partial charge in [0.05, 0.1) is 25.2 Å². The van der Waals surface area contributed by atoms with Crippen molar-refractivity contribution in [2.45, 2.75) is 32.1 Å². The number of carbonyl (C=O) groups is 2. The van der Waals surface area contributed by atoms with Gasteiger partial charge in [0.2, 0.25) is 5.91 Å². The van der Waals surface area contributed by atoms with Crippen molar-refractivity contribution in [3.8, 4) is 0 Å². The summed E-state index contributed by atoms with van der Waals surface area (Å²) in [6.07, 6.45) is 3.11. The highest BCUT2D eigenvalue weighted by atomic mass is 16.5. The predicted octanol–water partition coefficient (Wildman–Crippen LogP) is 2.09. The highest BCUT2D eigenvalue weighted by molar-refractivity contribution is 5.93. The molecule has 7 heteroatoms. The van der Waals surface area contributed by atoms with E-state index in [0.29, 0.717) is 44.8 Å². The number of ether oxygens (including phenoxy) is 1. The van der Waals surface area contributed by atoms with E-state index in [1.54, 1.807) is 25.3 Å². The smallest absolute Gasteiger partial charge is 0.274 e. The fourth-order valence-electron chi connectivity index (χ4n) is 4.02. The molecule has 7 nitrogen and oxygen atoms in total. The molecule has 0 aliphatic carbocycles. The molecule has 2 amide bonds. The third kappa shape index (κ3) is 3.54. The fraction of sp³-hybridized carbons (Fsp3) is 0.476. The summed E-state index contributed by atoms with van der Waals surface area (Å²) < 4.78 is 8.04. The number of hydrogen-bond donors (Lipinski definition) is 0. The minimum absolute atomic E-state index is 0.00456. The van der Waals surface area contributed by atoms with Crippen molar-refractivity contribution in [1.29, 1.82) is 0 Å². The van der Waals surface area contributed by atoms with Crippen LogP contribution in [0.15, 0.2) is 36.7 Å². The molecule has 2 aromatic rings. The van der Waals surface area contributed by atoms with Gasteiger partial charge in [-0.25, -0.2) is 4.98 Å². The number of aromatic nitrogens is 2. The highest BCUT2D eigenvalue weighted by Gasteiger charge is 2.32. The summed E-state index contributed by atoms with van der Waals surface area (Å²) in [4.78, 5) is 33.0. The van der Waals surface area contributed by atoms with Crippen LogP contribution in [0.5, 0.6) is 0 Å². The third-order valence-electron chi connectivity index (χ3n) is 5.68. The summed E-state index contributed by atoms with van der Waals surface area (Å²) in [6.45, 7) is 2.20. The molecule has 0 radical (unpaired) electrons. The standard InChI is InChI=1S/C21H26N4O3/c1-23(2)20(26)16-8-10-24(11-9-16)21(27)19-17-13-28-18(12-25(17)14-22-19)15-6-4-3-5-7-15/h3-7,14,16,18H,8-13H2,1-2H3/t18-/m1/s1. The molecular weight excluding hydrogens is 356 g/mol. The van der Waals surface area contributed by atoms with Crippen molar-refractivity contribution < 1.29 is 14.3 Å². The van der Waals surface area contributed by atoms with Crippen LogP contribution in [0, 0.1) is 5.92 Å². The van der Waals surface area contributed by atoms with E-state index in [0.717, 1.165) is 11.3 Å². The molecule has 0 saturated carbocycles. The lowest BCUT2D eigenvalue weighted by Crippen LogP contribution is -2.43. The van der Waals surface area contributed by atoms with Crippen molar-refractivity contribution in [3.05, 3.63) is 53.6 Å². The summed E-state index contributed by atoms with van der Waals surface area (Å²) >= 11 is 0. The Balaban J connectivity index is 1.42. The number of imidazole rings is 1. The molecular formula is C21H26N4O3. The average molecular weight is 382 g/mol. The van der Waals surface area contributed by atoms with Gasteiger partial charge in [-0.2, -0.15) is 0 Å². The van der Waals surface area contributed by atoms with Crippen LogP contribution in [0.4, 0.5) is 0 Å². The Kier molecular flexibility index (Phi) is 5.17. The van der Waals surface area contributed by atoms with Gasteiger partial charge in [-0.1, -0.05) is 30.3 Å². The zero-order chi connectivity index (χ0) is 19.7. The molecule has 3 heterocycles. The molecule has 28 heavy (non-hydrogen) atoms. The minimum Gasteiger partial charge on any atom is -0.365 e. The van der Waals surface area contributed by atoms with Gasteiger partial charge in [0.25, 0.3) is 5.91 Å². The van der Waals surface area contributed by atoms with Crippen LogP contribution in [-0.4, -0.2) is 58.4 Å². The van der Waals surface area contributed by atoms with E-state index in [-0.39, 0.29) is 23.8 Å². The van der Waals surface area contributed by atoms with Gasteiger partial charge in [0, 0.05) is 33.1 Å². The molecule has 0 unspecified atom stereocenters. The van der Waals surface area contributed by atoms with Gasteiger partial charge < -0.3 is 19.1 Å². The van der Waals surface area contributed by atoms with Crippen LogP contribution in [-0.2, 0) is 22.7 Å². The number of fused-ring (bicyclic) bond motifs is 1. The Bertz CT molecular complexity index is 854. The Morgan fingerprint density at radius 2 is 1.86 bits per heavy atom. The SMILES string of the molecule is CN(C)C(=O)C1CCN(C(=O)c2ncn3c2CO[C@@H](c2ccccc2)C3)CC1. The quantitative estimate of drug-likeness (QED) is 0.815. The molecule has 148 valence electrons. The molecule has 0 N–H and O–H groups in total. The second-order valence-electron chi connectivity index (χ2n) is 7.70. The zero-order valence-corrected chi connectivity index (χ0v) is 16.4. The van der Waals surface area contributed by atoms with Crippen LogP contribution in [0.3, 0.4) is 0 Å². The van der Waals surface area contributed by atoms with Crippen molar-refractivity contribution in [3.63, 3.8) is 0 Å². The van der Waals surface area contributed by atoms with Crippen LogP contribution in [0.25, 0.3) is 0 Å². The Hall–Kier alpha value is -2.67. The monoisotopic (exact) mass is 382 g/mol. The summed E-state index contributed by atoms with van der Waals surface area (Å²) in [6, 6.07) is 10.1.